The number of hydrogen-bond donors (Lipinski definition) is 1. The molecule has 1 unspecified atom stereocenters. The molecule has 0 aliphatic carbocycles. The first-order chi connectivity index (χ1) is 8.02. The molecule has 1 atom stereocenters. The molecular weight excluding hydrogens is 214 g/mol. The summed E-state index contributed by atoms with van der Waals surface area (Å²) in [6, 6.07) is 0. The Morgan fingerprint density at radius 3 is 2.35 bits per heavy atom. The summed E-state index contributed by atoms with van der Waals surface area (Å²) in [7, 11) is 1.70. The van der Waals surface area contributed by atoms with Gasteiger partial charge in [0.2, 0.25) is 0 Å². The van der Waals surface area contributed by atoms with Crippen molar-refractivity contribution in [3.63, 3.8) is 0 Å². The van der Waals surface area contributed by atoms with E-state index in [1.807, 2.05) is 0 Å². The average Bonchev–Trinajstić information content (AvgIpc) is 2.25. The van der Waals surface area contributed by atoms with Crippen molar-refractivity contribution in [3.05, 3.63) is 0 Å². The fourth-order valence-electron chi connectivity index (χ4n) is 1.84. The predicted molar refractivity (Wildman–Crippen MR) is 73.4 cm³/mol. The van der Waals surface area contributed by atoms with Gasteiger partial charge in [0.1, 0.15) is 0 Å². The highest BCUT2D eigenvalue weighted by Gasteiger charge is 2.23. The molecule has 0 amide bonds. The van der Waals surface area contributed by atoms with Gasteiger partial charge in [0.25, 0.3) is 0 Å². The Morgan fingerprint density at radius 1 is 1.12 bits per heavy atom. The number of hydrogen-bond acceptors (Lipinski definition) is 3. The van der Waals surface area contributed by atoms with E-state index >= 15 is 0 Å². The van der Waals surface area contributed by atoms with Crippen LogP contribution in [-0.2, 0) is 9.47 Å². The molecule has 3 nitrogen and oxygen atoms in total. The maximum Gasteiger partial charge on any atom is 0.0700 e. The summed E-state index contributed by atoms with van der Waals surface area (Å²) >= 11 is 0. The van der Waals surface area contributed by atoms with Gasteiger partial charge in [0, 0.05) is 13.7 Å². The van der Waals surface area contributed by atoms with E-state index in [1.54, 1.807) is 7.11 Å². The average molecular weight is 245 g/mol. The van der Waals surface area contributed by atoms with Crippen molar-refractivity contribution < 1.29 is 9.47 Å². The summed E-state index contributed by atoms with van der Waals surface area (Å²) in [5.74, 6) is 0.716. The normalized spacial score (nSPS) is 13.9. The van der Waals surface area contributed by atoms with Crippen LogP contribution in [-0.4, -0.2) is 40.0 Å². The first kappa shape index (κ1) is 16.9. The van der Waals surface area contributed by atoms with Crippen molar-refractivity contribution in [1.82, 2.24) is 5.32 Å². The van der Waals surface area contributed by atoms with Crippen LogP contribution < -0.4 is 5.32 Å². The smallest absolute Gasteiger partial charge is 0.0700 e. The summed E-state index contributed by atoms with van der Waals surface area (Å²) in [5.41, 5.74) is 0.370. The van der Waals surface area contributed by atoms with Crippen molar-refractivity contribution >= 4 is 0 Å². The Labute approximate surface area is 107 Å². The molecule has 0 aromatic rings. The zero-order valence-corrected chi connectivity index (χ0v) is 12.3. The minimum absolute atomic E-state index is 0.370. The van der Waals surface area contributed by atoms with Crippen LogP contribution in [0.5, 0.6) is 0 Å². The number of methoxy groups -OCH3 is 1. The summed E-state index contributed by atoms with van der Waals surface area (Å²) in [6.07, 6.45) is 2.36. The molecule has 0 fully saturated rings. The highest BCUT2D eigenvalue weighted by Crippen LogP contribution is 2.29. The zero-order chi connectivity index (χ0) is 13.1. The van der Waals surface area contributed by atoms with E-state index in [0.717, 1.165) is 26.1 Å². The minimum atomic E-state index is 0.370. The van der Waals surface area contributed by atoms with E-state index in [0.29, 0.717) is 24.5 Å². The third-order valence-electron chi connectivity index (χ3n) is 3.14. The minimum Gasteiger partial charge on any atom is -0.382 e. The molecular formula is C14H31NO2. The molecule has 0 aromatic carbocycles. The molecule has 104 valence electrons. The van der Waals surface area contributed by atoms with Crippen LogP contribution in [0.3, 0.4) is 0 Å². The second-order valence-corrected chi connectivity index (χ2v) is 5.62. The Morgan fingerprint density at radius 2 is 1.82 bits per heavy atom. The lowest BCUT2D eigenvalue weighted by Gasteiger charge is -2.31. The molecule has 0 saturated heterocycles. The van der Waals surface area contributed by atoms with Gasteiger partial charge in [-0.15, -0.1) is 0 Å². The molecule has 17 heavy (non-hydrogen) atoms. The van der Waals surface area contributed by atoms with Gasteiger partial charge in [0.15, 0.2) is 0 Å². The zero-order valence-electron chi connectivity index (χ0n) is 12.3. The van der Waals surface area contributed by atoms with Gasteiger partial charge in [0.05, 0.1) is 13.2 Å². The van der Waals surface area contributed by atoms with E-state index < -0.39 is 0 Å². The third kappa shape index (κ3) is 9.57. The fourth-order valence-corrected chi connectivity index (χ4v) is 1.84. The van der Waals surface area contributed by atoms with Gasteiger partial charge in [-0.3, -0.25) is 0 Å². The van der Waals surface area contributed by atoms with Gasteiger partial charge >= 0.3 is 0 Å². The Kier molecular flexibility index (Phi) is 9.79. The molecule has 0 rings (SSSR count). The lowest BCUT2D eigenvalue weighted by atomic mass is 9.78. The maximum absolute atomic E-state index is 5.50. The molecule has 0 aliphatic heterocycles. The SMILES string of the molecule is CCNCC(CCCOCCOC)C(C)(C)C. The Balaban J connectivity index is 3.69. The van der Waals surface area contributed by atoms with Crippen LogP contribution in [0.15, 0.2) is 0 Å². The molecule has 0 radical (unpaired) electrons. The lowest BCUT2D eigenvalue weighted by molar-refractivity contribution is 0.0642. The molecule has 3 heteroatoms. The van der Waals surface area contributed by atoms with Crippen molar-refractivity contribution in [2.45, 2.75) is 40.5 Å². The van der Waals surface area contributed by atoms with Crippen LogP contribution in [0, 0.1) is 11.3 Å². The number of ether oxygens (including phenoxy) is 2. The first-order valence-electron chi connectivity index (χ1n) is 6.79. The molecule has 1 N–H and O–H groups in total. The van der Waals surface area contributed by atoms with Crippen molar-refractivity contribution in [2.75, 3.05) is 40.0 Å². The number of nitrogens with one attached hydrogen (secondary N) is 1. The molecule has 0 aliphatic rings. The van der Waals surface area contributed by atoms with Crippen LogP contribution in [0.25, 0.3) is 0 Å². The molecule has 0 spiro atoms. The molecule has 0 aromatic heterocycles. The number of rotatable bonds is 10. The lowest BCUT2D eigenvalue weighted by Crippen LogP contribution is -2.32. The third-order valence-corrected chi connectivity index (χ3v) is 3.14. The molecule has 0 heterocycles. The van der Waals surface area contributed by atoms with Crippen LogP contribution in [0.4, 0.5) is 0 Å². The van der Waals surface area contributed by atoms with E-state index in [9.17, 15) is 0 Å². The summed E-state index contributed by atoms with van der Waals surface area (Å²) in [6.45, 7) is 13.5. The monoisotopic (exact) mass is 245 g/mol. The highest BCUT2D eigenvalue weighted by atomic mass is 16.5. The van der Waals surface area contributed by atoms with E-state index in [-0.39, 0.29) is 0 Å². The van der Waals surface area contributed by atoms with Gasteiger partial charge in [-0.1, -0.05) is 27.7 Å². The van der Waals surface area contributed by atoms with Crippen LogP contribution in [0.1, 0.15) is 40.5 Å². The van der Waals surface area contributed by atoms with Crippen LogP contribution >= 0.6 is 0 Å². The van der Waals surface area contributed by atoms with Crippen LogP contribution in [0.2, 0.25) is 0 Å². The van der Waals surface area contributed by atoms with E-state index in [4.69, 9.17) is 9.47 Å². The molecule has 0 saturated carbocycles. The first-order valence-corrected chi connectivity index (χ1v) is 6.79. The van der Waals surface area contributed by atoms with Gasteiger partial charge in [-0.25, -0.2) is 0 Å². The predicted octanol–water partition coefficient (Wildman–Crippen LogP) is 2.70. The van der Waals surface area contributed by atoms with Crippen molar-refractivity contribution in [2.24, 2.45) is 11.3 Å². The van der Waals surface area contributed by atoms with E-state index in [2.05, 4.69) is 33.0 Å². The largest absolute Gasteiger partial charge is 0.382 e. The maximum atomic E-state index is 5.50. The second kappa shape index (κ2) is 9.86. The van der Waals surface area contributed by atoms with Gasteiger partial charge < -0.3 is 14.8 Å². The highest BCUT2D eigenvalue weighted by molar-refractivity contribution is 4.75. The topological polar surface area (TPSA) is 30.5 Å². The molecule has 0 bridgehead atoms. The van der Waals surface area contributed by atoms with Crippen molar-refractivity contribution in [3.8, 4) is 0 Å². The quantitative estimate of drug-likeness (QED) is 0.600. The van der Waals surface area contributed by atoms with Gasteiger partial charge in [-0.05, 0) is 37.3 Å². The Hall–Kier alpha value is -0.120. The second-order valence-electron chi connectivity index (χ2n) is 5.62. The summed E-state index contributed by atoms with van der Waals surface area (Å²) in [4.78, 5) is 0. The summed E-state index contributed by atoms with van der Waals surface area (Å²) in [5, 5.41) is 3.46. The van der Waals surface area contributed by atoms with Gasteiger partial charge in [-0.2, -0.15) is 0 Å². The fraction of sp³-hybridized carbons (Fsp3) is 1.00. The summed E-state index contributed by atoms with van der Waals surface area (Å²) < 4.78 is 10.4. The van der Waals surface area contributed by atoms with E-state index in [1.165, 1.54) is 6.42 Å². The Bertz CT molecular complexity index is 166. The standard InChI is InChI=1S/C14H31NO2/c1-6-15-12-13(14(2,3)4)8-7-9-17-11-10-16-5/h13,15H,6-12H2,1-5H3. The van der Waals surface area contributed by atoms with Crippen molar-refractivity contribution in [1.29, 1.82) is 0 Å².